The number of nitrogens with one attached hydrogen (secondary N) is 1. The molecule has 3 saturated heterocycles. The summed E-state index contributed by atoms with van der Waals surface area (Å²) in [5.74, 6) is -3.19. The van der Waals surface area contributed by atoms with Crippen molar-refractivity contribution in [3.05, 3.63) is 46.8 Å². The molecule has 10 nitrogen and oxygen atoms in total. The van der Waals surface area contributed by atoms with E-state index in [1.54, 1.807) is 19.0 Å². The second-order valence-corrected chi connectivity index (χ2v) is 16.8. The molecule has 53 heavy (non-hydrogen) atoms. The van der Waals surface area contributed by atoms with Gasteiger partial charge in [-0.1, -0.05) is 17.7 Å². The highest BCUT2D eigenvalue weighted by atomic mass is 35.5. The van der Waals surface area contributed by atoms with E-state index in [-0.39, 0.29) is 61.6 Å². The number of fused-ring (bicyclic) bond motifs is 3. The van der Waals surface area contributed by atoms with Crippen LogP contribution in [0.1, 0.15) is 38.5 Å². The van der Waals surface area contributed by atoms with Crippen LogP contribution < -0.4 is 15.8 Å². The smallest absolute Gasteiger partial charge is 0.319 e. The number of hydrogen-bond acceptors (Lipinski definition) is 10. The van der Waals surface area contributed by atoms with Crippen molar-refractivity contribution in [2.24, 2.45) is 5.41 Å². The van der Waals surface area contributed by atoms with Crippen LogP contribution in [0.4, 0.5) is 28.4 Å². The van der Waals surface area contributed by atoms with Gasteiger partial charge in [-0.3, -0.25) is 9.69 Å². The number of carbonyl (C=O) groups excluding carboxylic acids is 1. The minimum absolute atomic E-state index is 0.0587. The highest BCUT2D eigenvalue weighted by Crippen LogP contribution is 2.50. The summed E-state index contributed by atoms with van der Waals surface area (Å²) in [6.07, 6.45) is 4.27. The van der Waals surface area contributed by atoms with Crippen LogP contribution in [-0.2, 0) is 4.79 Å². The summed E-state index contributed by atoms with van der Waals surface area (Å²) < 4.78 is 67.2. The largest absolute Gasteiger partial charge is 0.506 e. The van der Waals surface area contributed by atoms with Gasteiger partial charge in [0.15, 0.2) is 11.6 Å². The number of likely N-dealkylation sites (tertiary alicyclic amines) is 1. The standard InChI is InChI=1S/C37H40ClF4N7O3S/c1-47(2)11-7-24(41)34(51)48-16-36(17-48)9-6-20(14-36)44-33-27-30(45-35(46-33)52-18-37-8-3-10-49(37)15-19(39)13-37)29(42)26(28(38)31(27)50)21-4-5-23(40)32-22(21)12-25(43)53-32/h4-5,7,12,19-20,50H,3,6,8-11,13-18,43H2,1-2H3,(H,44,45,46)/b24-7+/t19-,20?,37+/m1/s1. The molecule has 3 aliphatic heterocycles. The Hall–Kier alpha value is -3.92. The molecule has 1 spiro atoms. The number of phenols is 1. The van der Waals surface area contributed by atoms with Gasteiger partial charge in [-0.2, -0.15) is 9.97 Å². The molecular formula is C37H40ClF4N7O3S. The lowest BCUT2D eigenvalue weighted by atomic mass is 9.78. The fourth-order valence-electron chi connectivity index (χ4n) is 8.87. The van der Waals surface area contributed by atoms with Crippen molar-refractivity contribution < 1.29 is 32.2 Å². The Kier molecular flexibility index (Phi) is 9.14. The van der Waals surface area contributed by atoms with Gasteiger partial charge in [0.25, 0.3) is 5.91 Å². The van der Waals surface area contributed by atoms with Crippen molar-refractivity contribution >= 4 is 60.7 Å². The Bertz CT molecular complexity index is 2160. The number of aromatic hydroxyl groups is 1. The minimum Gasteiger partial charge on any atom is -0.506 e. The molecule has 16 heteroatoms. The lowest BCUT2D eigenvalue weighted by Gasteiger charge is -2.48. The lowest BCUT2D eigenvalue weighted by molar-refractivity contribution is -0.140. The number of amides is 1. The van der Waals surface area contributed by atoms with Gasteiger partial charge in [0.05, 0.1) is 25.6 Å². The molecule has 4 aliphatic rings. The first-order valence-corrected chi connectivity index (χ1v) is 18.9. The van der Waals surface area contributed by atoms with Crippen molar-refractivity contribution in [2.75, 3.05) is 64.5 Å². The van der Waals surface area contributed by atoms with E-state index in [1.165, 1.54) is 29.2 Å². The van der Waals surface area contributed by atoms with E-state index >= 15 is 4.39 Å². The first-order valence-electron chi connectivity index (χ1n) is 17.7. The Balaban J connectivity index is 1.13. The predicted molar refractivity (Wildman–Crippen MR) is 198 cm³/mol. The Labute approximate surface area is 312 Å². The molecule has 5 heterocycles. The Morgan fingerprint density at radius 1 is 1.25 bits per heavy atom. The summed E-state index contributed by atoms with van der Waals surface area (Å²) in [4.78, 5) is 27.1. The molecule has 1 saturated carbocycles. The van der Waals surface area contributed by atoms with Crippen LogP contribution in [0.5, 0.6) is 11.8 Å². The molecule has 4 aromatic rings. The first kappa shape index (κ1) is 36.1. The highest BCUT2D eigenvalue weighted by molar-refractivity contribution is 7.22. The zero-order valence-electron chi connectivity index (χ0n) is 29.3. The number of halogens is 5. The number of nitrogen functional groups attached to an aromatic ring is 1. The third kappa shape index (κ3) is 6.32. The lowest BCUT2D eigenvalue weighted by Crippen LogP contribution is -2.57. The van der Waals surface area contributed by atoms with E-state index in [0.29, 0.717) is 55.8 Å². The Morgan fingerprint density at radius 2 is 2.04 bits per heavy atom. The summed E-state index contributed by atoms with van der Waals surface area (Å²) in [6, 6.07) is 3.74. The molecule has 2 aromatic carbocycles. The van der Waals surface area contributed by atoms with E-state index in [2.05, 4.69) is 20.2 Å². The normalized spacial score (nSPS) is 24.2. The zero-order chi connectivity index (χ0) is 37.4. The van der Waals surface area contributed by atoms with Crippen LogP contribution in [0.3, 0.4) is 0 Å². The number of benzene rings is 2. The number of carbonyl (C=O) groups is 1. The number of likely N-dealkylation sites (N-methyl/N-ethyl adjacent to an activating group) is 1. The molecule has 3 atom stereocenters. The average molecular weight is 774 g/mol. The summed E-state index contributed by atoms with van der Waals surface area (Å²) in [5.41, 5.74) is 5.02. The molecule has 1 aliphatic carbocycles. The molecule has 0 radical (unpaired) electrons. The average Bonchev–Trinajstić information content (AvgIpc) is 3.87. The van der Waals surface area contributed by atoms with Gasteiger partial charge >= 0.3 is 6.01 Å². The SMILES string of the molecule is CN(C)C/C=C(/F)C(=O)N1CC2(CCC(Nc3nc(OC[C@@]45CCCN4C[C@H](F)C5)nc4c(F)c(-c5ccc(F)c6sc(N)cc56)c(Cl)c(O)c34)C2)C1. The topological polar surface area (TPSA) is 120 Å². The maximum absolute atomic E-state index is 17.0. The van der Waals surface area contributed by atoms with Gasteiger partial charge < -0.3 is 30.7 Å². The third-order valence-electron chi connectivity index (χ3n) is 11.4. The highest BCUT2D eigenvalue weighted by Gasteiger charge is 2.51. The number of thiophene rings is 1. The van der Waals surface area contributed by atoms with E-state index in [4.69, 9.17) is 22.1 Å². The van der Waals surface area contributed by atoms with Crippen molar-refractivity contribution in [3.8, 4) is 22.9 Å². The number of anilines is 2. The van der Waals surface area contributed by atoms with Gasteiger partial charge in [0.2, 0.25) is 0 Å². The van der Waals surface area contributed by atoms with E-state index in [9.17, 15) is 23.1 Å². The summed E-state index contributed by atoms with van der Waals surface area (Å²) in [6.45, 7) is 2.28. The number of hydrogen-bond donors (Lipinski definition) is 3. The molecule has 1 amide bonds. The van der Waals surface area contributed by atoms with Crippen molar-refractivity contribution in [3.63, 3.8) is 0 Å². The van der Waals surface area contributed by atoms with Crippen LogP contribution in [0.2, 0.25) is 5.02 Å². The quantitative estimate of drug-likeness (QED) is 0.123. The van der Waals surface area contributed by atoms with Crippen molar-refractivity contribution in [1.29, 1.82) is 0 Å². The van der Waals surface area contributed by atoms with Gasteiger partial charge in [-0.05, 0) is 76.5 Å². The van der Waals surface area contributed by atoms with E-state index < -0.39 is 40.8 Å². The van der Waals surface area contributed by atoms with Crippen LogP contribution >= 0.6 is 22.9 Å². The minimum atomic E-state index is -0.982. The molecule has 4 N–H and O–H groups in total. The maximum Gasteiger partial charge on any atom is 0.319 e. The molecular weight excluding hydrogens is 734 g/mol. The maximum atomic E-state index is 17.0. The summed E-state index contributed by atoms with van der Waals surface area (Å²) in [5, 5.41) is 15.3. The molecule has 1 unspecified atom stereocenters. The monoisotopic (exact) mass is 773 g/mol. The summed E-state index contributed by atoms with van der Waals surface area (Å²) >= 11 is 7.77. The van der Waals surface area contributed by atoms with Crippen molar-refractivity contribution in [2.45, 2.75) is 56.3 Å². The van der Waals surface area contributed by atoms with Gasteiger partial charge in [0.1, 0.15) is 35.7 Å². The van der Waals surface area contributed by atoms with Crippen LogP contribution in [0.25, 0.3) is 32.1 Å². The number of aromatic nitrogens is 2. The Morgan fingerprint density at radius 3 is 2.81 bits per heavy atom. The fraction of sp³-hybridized carbons (Fsp3) is 0.486. The summed E-state index contributed by atoms with van der Waals surface area (Å²) in [7, 11) is 3.58. The predicted octanol–water partition coefficient (Wildman–Crippen LogP) is 6.89. The second-order valence-electron chi connectivity index (χ2n) is 15.3. The second kappa shape index (κ2) is 13.4. The van der Waals surface area contributed by atoms with Crippen LogP contribution in [0.15, 0.2) is 30.1 Å². The van der Waals surface area contributed by atoms with Gasteiger partial charge in [-0.15, -0.1) is 11.3 Å². The number of nitrogens with zero attached hydrogens (tertiary/aromatic N) is 5. The van der Waals surface area contributed by atoms with Gasteiger partial charge in [-0.25, -0.2) is 17.6 Å². The first-order chi connectivity index (χ1) is 25.3. The third-order valence-corrected chi connectivity index (χ3v) is 12.7. The van der Waals surface area contributed by atoms with Crippen LogP contribution in [-0.4, -0.2) is 107 Å². The number of nitrogens with two attached hydrogens (primary N) is 1. The number of rotatable bonds is 9. The number of ether oxygens (including phenoxy) is 1. The fourth-order valence-corrected chi connectivity index (χ4v) is 10.0. The van der Waals surface area contributed by atoms with Crippen LogP contribution in [0, 0.1) is 17.0 Å². The molecule has 282 valence electrons. The van der Waals surface area contributed by atoms with Gasteiger partial charge in [0, 0.05) is 55.0 Å². The zero-order valence-corrected chi connectivity index (χ0v) is 30.9. The molecule has 0 bridgehead atoms. The van der Waals surface area contributed by atoms with E-state index in [0.717, 1.165) is 37.1 Å². The molecule has 8 rings (SSSR count). The number of phenolic OH excluding ortho intramolecular Hbond substituents is 1. The number of alkyl halides is 1. The van der Waals surface area contributed by atoms with E-state index in [1.807, 2.05) is 0 Å². The molecule has 2 aromatic heterocycles. The molecule has 4 fully saturated rings. The van der Waals surface area contributed by atoms with Crippen molar-refractivity contribution in [1.82, 2.24) is 24.7 Å².